The number of halogens is 1. The van der Waals surface area contributed by atoms with Gasteiger partial charge in [-0.05, 0) is 32.9 Å². The van der Waals surface area contributed by atoms with Crippen LogP contribution in [0.5, 0.6) is 0 Å². The normalized spacial score (nSPS) is 11.8. The molecule has 3 rings (SSSR count). The summed E-state index contributed by atoms with van der Waals surface area (Å²) in [5.74, 6) is 0.456. The Hall–Kier alpha value is -2.08. The van der Waals surface area contributed by atoms with Gasteiger partial charge in [0, 0.05) is 10.6 Å². The van der Waals surface area contributed by atoms with E-state index in [9.17, 15) is 0 Å². The quantitative estimate of drug-likeness (QED) is 0.722. The van der Waals surface area contributed by atoms with Crippen LogP contribution >= 0.6 is 11.6 Å². The molecule has 0 aliphatic rings. The molecule has 1 aromatic carbocycles. The molecule has 2 heterocycles. The third kappa shape index (κ3) is 2.66. The SMILES string of the molecule is CC(C)(C)n1nc(Bc2cccc(Cl)c2)c2c(N)ncnc21. The maximum Gasteiger partial charge on any atom is 0.219 e. The van der Waals surface area contributed by atoms with Gasteiger partial charge in [0.2, 0.25) is 7.28 Å². The first-order valence-corrected chi connectivity index (χ1v) is 7.47. The highest BCUT2D eigenvalue weighted by Gasteiger charge is 2.23. The van der Waals surface area contributed by atoms with Gasteiger partial charge in [-0.3, -0.25) is 0 Å². The van der Waals surface area contributed by atoms with Gasteiger partial charge in [-0.1, -0.05) is 29.2 Å². The second-order valence-electron chi connectivity index (χ2n) is 6.29. The highest BCUT2D eigenvalue weighted by molar-refractivity contribution is 6.69. The monoisotopic (exact) mass is 313 g/mol. The van der Waals surface area contributed by atoms with Crippen molar-refractivity contribution in [3.05, 3.63) is 35.6 Å². The molecule has 0 atom stereocenters. The van der Waals surface area contributed by atoms with Crippen molar-refractivity contribution >= 4 is 46.8 Å². The van der Waals surface area contributed by atoms with Crippen molar-refractivity contribution in [3.8, 4) is 0 Å². The molecule has 0 amide bonds. The van der Waals surface area contributed by atoms with Gasteiger partial charge < -0.3 is 5.73 Å². The molecule has 0 unspecified atom stereocenters. The molecular weight excluding hydrogens is 296 g/mol. The van der Waals surface area contributed by atoms with Crippen LogP contribution in [0.25, 0.3) is 11.0 Å². The summed E-state index contributed by atoms with van der Waals surface area (Å²) in [4.78, 5) is 8.48. The second kappa shape index (κ2) is 5.28. The van der Waals surface area contributed by atoms with Crippen molar-refractivity contribution in [2.24, 2.45) is 0 Å². The fraction of sp³-hybridized carbons (Fsp3) is 0.267. The summed E-state index contributed by atoms with van der Waals surface area (Å²) in [5, 5.41) is 6.26. The fourth-order valence-electron chi connectivity index (χ4n) is 2.48. The molecule has 22 heavy (non-hydrogen) atoms. The molecule has 3 aromatic rings. The molecule has 0 saturated heterocycles. The van der Waals surface area contributed by atoms with E-state index in [1.54, 1.807) is 0 Å². The first-order chi connectivity index (χ1) is 10.4. The molecular formula is C15H17BClN5. The van der Waals surface area contributed by atoms with Crippen molar-refractivity contribution in [1.82, 2.24) is 19.7 Å². The minimum atomic E-state index is -0.189. The number of rotatable bonds is 2. The summed E-state index contributed by atoms with van der Waals surface area (Å²) >= 11 is 6.06. The van der Waals surface area contributed by atoms with E-state index in [2.05, 4.69) is 30.7 Å². The maximum absolute atomic E-state index is 6.07. The molecule has 112 valence electrons. The minimum absolute atomic E-state index is 0.189. The number of fused-ring (bicyclic) bond motifs is 1. The van der Waals surface area contributed by atoms with Gasteiger partial charge in [0.1, 0.15) is 12.1 Å². The van der Waals surface area contributed by atoms with Crippen LogP contribution in [0.3, 0.4) is 0 Å². The average Bonchev–Trinajstić information content (AvgIpc) is 2.79. The van der Waals surface area contributed by atoms with Crippen LogP contribution in [0.2, 0.25) is 5.02 Å². The van der Waals surface area contributed by atoms with E-state index in [0.29, 0.717) is 18.1 Å². The van der Waals surface area contributed by atoms with Crippen LogP contribution in [0.1, 0.15) is 20.8 Å². The van der Waals surface area contributed by atoms with Crippen LogP contribution < -0.4 is 16.8 Å². The van der Waals surface area contributed by atoms with Gasteiger partial charge in [-0.25, -0.2) is 14.6 Å². The number of nitrogen functional groups attached to an aromatic ring is 1. The Balaban J connectivity index is 2.17. The predicted octanol–water partition coefficient (Wildman–Crippen LogP) is 1.20. The highest BCUT2D eigenvalue weighted by atomic mass is 35.5. The highest BCUT2D eigenvalue weighted by Crippen LogP contribution is 2.21. The predicted molar refractivity (Wildman–Crippen MR) is 92.6 cm³/mol. The summed E-state index contributed by atoms with van der Waals surface area (Å²) in [7, 11) is 0.637. The summed E-state index contributed by atoms with van der Waals surface area (Å²) < 4.78 is 1.90. The smallest absolute Gasteiger partial charge is 0.219 e. The Labute approximate surface area is 134 Å². The molecule has 0 aliphatic carbocycles. The lowest BCUT2D eigenvalue weighted by atomic mass is 9.66. The molecule has 2 aromatic heterocycles. The fourth-order valence-corrected chi connectivity index (χ4v) is 2.69. The van der Waals surface area contributed by atoms with Gasteiger partial charge in [-0.15, -0.1) is 0 Å². The van der Waals surface area contributed by atoms with Gasteiger partial charge in [0.05, 0.1) is 10.9 Å². The third-order valence-corrected chi connectivity index (χ3v) is 3.70. The number of benzene rings is 1. The summed E-state index contributed by atoms with van der Waals surface area (Å²) in [6.45, 7) is 6.25. The molecule has 7 heteroatoms. The third-order valence-electron chi connectivity index (χ3n) is 3.46. The van der Waals surface area contributed by atoms with Crippen molar-refractivity contribution in [3.63, 3.8) is 0 Å². The molecule has 0 aliphatic heterocycles. The summed E-state index contributed by atoms with van der Waals surface area (Å²) in [6.07, 6.45) is 1.48. The van der Waals surface area contributed by atoms with E-state index in [4.69, 9.17) is 22.4 Å². The molecule has 5 nitrogen and oxygen atoms in total. The lowest BCUT2D eigenvalue weighted by Gasteiger charge is -2.19. The minimum Gasteiger partial charge on any atom is -0.383 e. The first-order valence-electron chi connectivity index (χ1n) is 7.09. The van der Waals surface area contributed by atoms with E-state index in [1.165, 1.54) is 6.33 Å². The van der Waals surface area contributed by atoms with E-state index >= 15 is 0 Å². The molecule has 2 N–H and O–H groups in total. The number of nitrogens with two attached hydrogens (primary N) is 1. The molecule has 0 spiro atoms. The Bertz CT molecular complexity index is 838. The lowest BCUT2D eigenvalue weighted by Crippen LogP contribution is -2.31. The summed E-state index contributed by atoms with van der Waals surface area (Å²) in [6, 6.07) is 7.74. The number of hydrogen-bond acceptors (Lipinski definition) is 4. The Morgan fingerprint density at radius 1 is 1.23 bits per heavy atom. The zero-order valence-corrected chi connectivity index (χ0v) is 13.6. The zero-order chi connectivity index (χ0) is 15.9. The first kappa shape index (κ1) is 14.8. The van der Waals surface area contributed by atoms with Crippen LogP contribution in [0.4, 0.5) is 5.82 Å². The largest absolute Gasteiger partial charge is 0.383 e. The van der Waals surface area contributed by atoms with Crippen molar-refractivity contribution in [1.29, 1.82) is 0 Å². The Morgan fingerprint density at radius 2 is 2.00 bits per heavy atom. The summed E-state index contributed by atoms with van der Waals surface area (Å²) in [5.41, 5.74) is 8.58. The van der Waals surface area contributed by atoms with Crippen LogP contribution in [-0.4, -0.2) is 27.0 Å². The molecule has 0 saturated carbocycles. The van der Waals surface area contributed by atoms with Crippen LogP contribution in [-0.2, 0) is 5.54 Å². The Kier molecular flexibility index (Phi) is 3.57. The van der Waals surface area contributed by atoms with Crippen LogP contribution in [0, 0.1) is 0 Å². The number of hydrogen-bond donors (Lipinski definition) is 1. The lowest BCUT2D eigenvalue weighted by molar-refractivity contribution is 0.367. The van der Waals surface area contributed by atoms with E-state index in [1.807, 2.05) is 28.9 Å². The van der Waals surface area contributed by atoms with Crippen molar-refractivity contribution in [2.75, 3.05) is 5.73 Å². The van der Waals surface area contributed by atoms with Gasteiger partial charge in [-0.2, -0.15) is 5.10 Å². The van der Waals surface area contributed by atoms with Gasteiger partial charge in [0.15, 0.2) is 5.65 Å². The zero-order valence-electron chi connectivity index (χ0n) is 12.8. The van der Waals surface area contributed by atoms with Crippen molar-refractivity contribution in [2.45, 2.75) is 26.3 Å². The topological polar surface area (TPSA) is 69.6 Å². The van der Waals surface area contributed by atoms with E-state index in [0.717, 1.165) is 22.1 Å². The molecule has 0 bridgehead atoms. The number of anilines is 1. The van der Waals surface area contributed by atoms with E-state index < -0.39 is 0 Å². The average molecular weight is 314 g/mol. The molecule has 0 fully saturated rings. The molecule has 0 radical (unpaired) electrons. The standard InChI is InChI=1S/C15H17BClN5/c1-15(2,3)22-14-11(13(18)19-8-20-14)12(21-22)16-9-5-4-6-10(17)7-9/h4-8,16H,1-3H3,(H2,18,19,20). The van der Waals surface area contributed by atoms with Crippen molar-refractivity contribution < 1.29 is 0 Å². The maximum atomic E-state index is 6.07. The van der Waals surface area contributed by atoms with E-state index in [-0.39, 0.29) is 5.54 Å². The number of nitrogens with zero attached hydrogens (tertiary/aromatic N) is 4. The van der Waals surface area contributed by atoms with Gasteiger partial charge >= 0.3 is 0 Å². The Morgan fingerprint density at radius 3 is 2.68 bits per heavy atom. The van der Waals surface area contributed by atoms with Crippen LogP contribution in [0.15, 0.2) is 30.6 Å². The number of aromatic nitrogens is 4. The second-order valence-corrected chi connectivity index (χ2v) is 6.73. The van der Waals surface area contributed by atoms with Gasteiger partial charge in [0.25, 0.3) is 0 Å².